The Morgan fingerprint density at radius 3 is 1.73 bits per heavy atom. The predicted molar refractivity (Wildman–Crippen MR) is 143 cm³/mol. The molecule has 1 N–H and O–H groups in total. The van der Waals surface area contributed by atoms with Crippen LogP contribution in [0, 0.1) is 0 Å². The summed E-state index contributed by atoms with van der Waals surface area (Å²) in [5.74, 6) is 0. The number of rotatable bonds is 17. The van der Waals surface area contributed by atoms with Crippen LogP contribution < -0.4 is 0 Å². The van der Waals surface area contributed by atoms with Crippen molar-refractivity contribution < 1.29 is 13.0 Å². The first-order chi connectivity index (χ1) is 15.5. The third-order valence-corrected chi connectivity index (χ3v) is 7.52. The summed E-state index contributed by atoms with van der Waals surface area (Å²) in [6.45, 7) is 4.46. The molecule has 0 spiro atoms. The number of fused-ring (bicyclic) bond motifs is 1. The van der Waals surface area contributed by atoms with E-state index < -0.39 is 10.1 Å². The minimum atomic E-state index is -4.28. The molecule has 0 amide bonds. The van der Waals surface area contributed by atoms with E-state index in [1.165, 1.54) is 70.6 Å². The van der Waals surface area contributed by atoms with Crippen LogP contribution in [0.5, 0.6) is 0 Å². The zero-order valence-corrected chi connectivity index (χ0v) is 24.1. The molecule has 5 heteroatoms. The molecule has 0 saturated carbocycles. The second-order valence-corrected chi connectivity index (χ2v) is 10.6. The molecule has 0 heterocycles. The maximum Gasteiger partial charge on any atom is 0.295 e. The van der Waals surface area contributed by atoms with E-state index in [0.717, 1.165) is 48.6 Å². The van der Waals surface area contributed by atoms with Gasteiger partial charge in [-0.15, -0.1) is 0 Å². The smallest absolute Gasteiger partial charge is 0.282 e. The fourth-order valence-electron chi connectivity index (χ4n) is 4.74. The van der Waals surface area contributed by atoms with E-state index in [1.54, 1.807) is 0 Å². The Morgan fingerprint density at radius 2 is 1.18 bits per heavy atom. The minimum Gasteiger partial charge on any atom is -0.282 e. The molecule has 0 bridgehead atoms. The molecule has 0 atom stereocenters. The van der Waals surface area contributed by atoms with Crippen LogP contribution in [0.4, 0.5) is 0 Å². The molecular weight excluding hydrogens is 456 g/mol. The van der Waals surface area contributed by atoms with Crippen molar-refractivity contribution in [3.8, 4) is 0 Å². The van der Waals surface area contributed by atoms with Gasteiger partial charge in [0.15, 0.2) is 0 Å². The summed E-state index contributed by atoms with van der Waals surface area (Å²) in [6.07, 6.45) is 18.6. The van der Waals surface area contributed by atoms with Gasteiger partial charge < -0.3 is 0 Å². The van der Waals surface area contributed by atoms with Crippen LogP contribution >= 0.6 is 0 Å². The Hall–Kier alpha value is -0.130. The van der Waals surface area contributed by atoms with Crippen molar-refractivity contribution in [1.29, 1.82) is 0 Å². The van der Waals surface area contributed by atoms with Gasteiger partial charge in [-0.05, 0) is 42.2 Å². The van der Waals surface area contributed by atoms with Crippen LogP contribution in [-0.4, -0.2) is 50.7 Å². The Kier molecular flexibility index (Phi) is 16.2. The average Bonchev–Trinajstić information content (AvgIpc) is 2.76. The molecule has 2 aromatic carbocycles. The van der Waals surface area contributed by atoms with Gasteiger partial charge in [0.2, 0.25) is 0 Å². The second-order valence-electron chi connectivity index (χ2n) is 9.28. The third kappa shape index (κ3) is 11.0. The van der Waals surface area contributed by atoms with Gasteiger partial charge in [-0.25, -0.2) is 0 Å². The SMILES string of the molecule is CCCCCCCCCc1cc2ccccc2c(S(=O)(=O)O)c1CCCCCCCCC.[Ca]. The maximum atomic E-state index is 12.5. The fraction of sp³-hybridized carbons (Fsp3) is 0.643. The van der Waals surface area contributed by atoms with Gasteiger partial charge in [0.1, 0.15) is 4.90 Å². The van der Waals surface area contributed by atoms with Gasteiger partial charge >= 0.3 is 0 Å². The summed E-state index contributed by atoms with van der Waals surface area (Å²) in [6, 6.07) is 9.73. The van der Waals surface area contributed by atoms with E-state index in [0.29, 0.717) is 5.39 Å². The third-order valence-electron chi connectivity index (χ3n) is 6.53. The summed E-state index contributed by atoms with van der Waals surface area (Å²) >= 11 is 0. The predicted octanol–water partition coefficient (Wildman–Crippen LogP) is 8.29. The summed E-state index contributed by atoms with van der Waals surface area (Å²) in [7, 11) is -4.28. The van der Waals surface area contributed by atoms with Crippen molar-refractivity contribution in [2.45, 2.75) is 121 Å². The Labute approximate surface area is 232 Å². The molecule has 33 heavy (non-hydrogen) atoms. The van der Waals surface area contributed by atoms with Gasteiger partial charge in [0, 0.05) is 43.1 Å². The molecule has 2 radical (unpaired) electrons. The van der Waals surface area contributed by atoms with Crippen LogP contribution in [0.3, 0.4) is 0 Å². The number of benzene rings is 2. The first-order valence-corrected chi connectivity index (χ1v) is 14.4. The van der Waals surface area contributed by atoms with Gasteiger partial charge in [0.05, 0.1) is 0 Å². The molecule has 2 aromatic rings. The fourth-order valence-corrected chi connectivity index (χ4v) is 5.74. The van der Waals surface area contributed by atoms with Crippen molar-refractivity contribution in [1.82, 2.24) is 0 Å². The molecule has 0 aliphatic rings. The zero-order chi connectivity index (χ0) is 23.2. The summed E-state index contributed by atoms with van der Waals surface area (Å²) < 4.78 is 35.1. The van der Waals surface area contributed by atoms with Crippen molar-refractivity contribution in [3.05, 3.63) is 41.5 Å². The molecule has 0 aliphatic heterocycles. The van der Waals surface area contributed by atoms with Crippen molar-refractivity contribution in [3.63, 3.8) is 0 Å². The van der Waals surface area contributed by atoms with E-state index in [1.807, 2.05) is 24.3 Å². The molecule has 3 nitrogen and oxygen atoms in total. The van der Waals surface area contributed by atoms with Crippen LogP contribution in [0.1, 0.15) is 115 Å². The minimum absolute atomic E-state index is 0. The number of hydrogen-bond donors (Lipinski definition) is 1. The first-order valence-electron chi connectivity index (χ1n) is 13.0. The van der Waals surface area contributed by atoms with Gasteiger partial charge in [-0.2, -0.15) is 8.42 Å². The molecule has 0 saturated heterocycles. The Bertz CT molecular complexity index is 909. The molecule has 0 unspecified atom stereocenters. The topological polar surface area (TPSA) is 54.4 Å². The van der Waals surface area contributed by atoms with E-state index in [-0.39, 0.29) is 42.6 Å². The molecule has 182 valence electrons. The molecule has 0 aromatic heterocycles. The molecule has 0 fully saturated rings. The van der Waals surface area contributed by atoms with Crippen molar-refractivity contribution in [2.75, 3.05) is 0 Å². The first kappa shape index (κ1) is 30.9. The van der Waals surface area contributed by atoms with E-state index in [2.05, 4.69) is 19.9 Å². The van der Waals surface area contributed by atoms with Gasteiger partial charge in [-0.1, -0.05) is 121 Å². The van der Waals surface area contributed by atoms with Gasteiger partial charge in [-0.3, -0.25) is 4.55 Å². The Balaban J connectivity index is 0.00000544. The normalized spacial score (nSPS) is 11.6. The van der Waals surface area contributed by atoms with E-state index in [4.69, 9.17) is 0 Å². The zero-order valence-electron chi connectivity index (χ0n) is 21.1. The second kappa shape index (κ2) is 17.3. The Morgan fingerprint density at radius 1 is 0.697 bits per heavy atom. The summed E-state index contributed by atoms with van der Waals surface area (Å²) in [5, 5.41) is 1.55. The summed E-state index contributed by atoms with van der Waals surface area (Å²) in [5.41, 5.74) is 1.96. The van der Waals surface area contributed by atoms with Gasteiger partial charge in [0.25, 0.3) is 10.1 Å². The van der Waals surface area contributed by atoms with Crippen LogP contribution in [0.2, 0.25) is 0 Å². The van der Waals surface area contributed by atoms with Crippen molar-refractivity contribution >= 4 is 58.6 Å². The van der Waals surface area contributed by atoms with Crippen LogP contribution in [0.15, 0.2) is 35.2 Å². The largest absolute Gasteiger partial charge is 0.295 e. The van der Waals surface area contributed by atoms with Crippen LogP contribution in [-0.2, 0) is 23.0 Å². The monoisotopic (exact) mass is 500 g/mol. The quantitative estimate of drug-likeness (QED) is 0.135. The molecule has 2 rings (SSSR count). The molecular formula is C28H44CaO3S. The maximum absolute atomic E-state index is 12.5. The molecule has 0 aliphatic carbocycles. The van der Waals surface area contributed by atoms with E-state index in [9.17, 15) is 13.0 Å². The average molecular weight is 501 g/mol. The van der Waals surface area contributed by atoms with E-state index >= 15 is 0 Å². The van der Waals surface area contributed by atoms with Crippen LogP contribution in [0.25, 0.3) is 10.8 Å². The number of unbranched alkanes of at least 4 members (excludes halogenated alkanes) is 12. The number of hydrogen-bond acceptors (Lipinski definition) is 2. The standard InChI is InChI=1S/C28H44O3S.Ca/c1-3-5-7-9-11-13-15-19-24-23-25-20-17-18-22-27(25)28(32(29,30)31)26(24)21-16-14-12-10-8-6-4-2;/h17-18,20,22-23H,3-16,19,21H2,1-2H3,(H,29,30,31);. The summed E-state index contributed by atoms with van der Waals surface area (Å²) in [4.78, 5) is 0.152. The number of aryl methyl sites for hydroxylation is 1. The van der Waals surface area contributed by atoms with Crippen molar-refractivity contribution in [2.24, 2.45) is 0 Å².